The van der Waals surface area contributed by atoms with E-state index in [1.165, 1.54) is 0 Å². The average Bonchev–Trinajstić information content (AvgIpc) is 3.13. The highest BCUT2D eigenvalue weighted by Crippen LogP contribution is 2.23. The van der Waals surface area contributed by atoms with Crippen molar-refractivity contribution in [2.45, 2.75) is 38.1 Å². The molecule has 1 amide bonds. The third-order valence-corrected chi connectivity index (χ3v) is 4.31. The van der Waals surface area contributed by atoms with Crippen molar-refractivity contribution in [3.63, 3.8) is 0 Å². The molecule has 3 rings (SSSR count). The molecule has 0 unspecified atom stereocenters. The van der Waals surface area contributed by atoms with Crippen molar-refractivity contribution >= 4 is 11.9 Å². The molecule has 1 saturated heterocycles. The van der Waals surface area contributed by atoms with Crippen LogP contribution in [0, 0.1) is 0 Å². The molecule has 5 heteroatoms. The fourth-order valence-electron chi connectivity index (χ4n) is 3.02. The van der Waals surface area contributed by atoms with Crippen LogP contribution in [0.4, 0.5) is 0 Å². The van der Waals surface area contributed by atoms with Gasteiger partial charge in [-0.25, -0.2) is 4.79 Å². The van der Waals surface area contributed by atoms with Crippen LogP contribution in [0.2, 0.25) is 0 Å². The van der Waals surface area contributed by atoms with Gasteiger partial charge in [0.1, 0.15) is 6.10 Å². The summed E-state index contributed by atoms with van der Waals surface area (Å²) in [6, 6.07) is 19.5. The number of carbonyl (C=O) groups is 2. The molecule has 2 aromatic rings. The SMILES string of the molecule is O=C(O)[C@H]1CC[C@@H](C(=O)N(Cc2ccccc2)Cc2ccccc2)O1. The standard InChI is InChI=1S/C20H21NO4/c22-19(17-11-12-18(25-17)20(23)24)21(13-15-7-3-1-4-8-15)14-16-9-5-2-6-10-16/h1-10,17-18H,11-14H2,(H,23,24)/t17-,18+/m0/s1. The minimum atomic E-state index is -1.01. The van der Waals surface area contributed by atoms with E-state index in [1.807, 2.05) is 60.7 Å². The first kappa shape index (κ1) is 17.2. The van der Waals surface area contributed by atoms with Crippen LogP contribution in [0.3, 0.4) is 0 Å². The molecular weight excluding hydrogens is 318 g/mol. The highest BCUT2D eigenvalue weighted by atomic mass is 16.5. The minimum absolute atomic E-state index is 0.156. The fourth-order valence-corrected chi connectivity index (χ4v) is 3.02. The molecule has 1 fully saturated rings. The van der Waals surface area contributed by atoms with Gasteiger partial charge >= 0.3 is 5.97 Å². The number of rotatable bonds is 6. The molecule has 2 atom stereocenters. The molecule has 1 heterocycles. The summed E-state index contributed by atoms with van der Waals surface area (Å²) in [6.07, 6.45) is -0.760. The topological polar surface area (TPSA) is 66.8 Å². The van der Waals surface area contributed by atoms with Crippen molar-refractivity contribution in [2.75, 3.05) is 0 Å². The summed E-state index contributed by atoms with van der Waals surface area (Å²) < 4.78 is 5.45. The van der Waals surface area contributed by atoms with Gasteiger partial charge in [-0.05, 0) is 24.0 Å². The van der Waals surface area contributed by atoms with E-state index in [4.69, 9.17) is 9.84 Å². The molecule has 0 radical (unpaired) electrons. The lowest BCUT2D eigenvalue weighted by Crippen LogP contribution is -2.39. The van der Waals surface area contributed by atoms with Crippen molar-refractivity contribution in [3.05, 3.63) is 71.8 Å². The maximum Gasteiger partial charge on any atom is 0.332 e. The van der Waals surface area contributed by atoms with Gasteiger partial charge in [-0.3, -0.25) is 4.79 Å². The summed E-state index contributed by atoms with van der Waals surface area (Å²) in [7, 11) is 0. The average molecular weight is 339 g/mol. The van der Waals surface area contributed by atoms with Gasteiger partial charge in [-0.1, -0.05) is 60.7 Å². The Morgan fingerprint density at radius 1 is 0.880 bits per heavy atom. The molecular formula is C20H21NO4. The summed E-state index contributed by atoms with van der Waals surface area (Å²) in [6.45, 7) is 0.929. The number of hydrogen-bond acceptors (Lipinski definition) is 3. The zero-order valence-corrected chi connectivity index (χ0v) is 13.9. The lowest BCUT2D eigenvalue weighted by atomic mass is 10.1. The van der Waals surface area contributed by atoms with Gasteiger partial charge in [-0.2, -0.15) is 0 Å². The second-order valence-electron chi connectivity index (χ2n) is 6.19. The molecule has 1 aliphatic heterocycles. The van der Waals surface area contributed by atoms with E-state index in [1.54, 1.807) is 4.90 Å². The van der Waals surface area contributed by atoms with E-state index in [2.05, 4.69) is 0 Å². The largest absolute Gasteiger partial charge is 0.479 e. The van der Waals surface area contributed by atoms with Gasteiger partial charge in [0, 0.05) is 13.1 Å². The molecule has 0 saturated carbocycles. The van der Waals surface area contributed by atoms with Crippen LogP contribution in [0.15, 0.2) is 60.7 Å². The van der Waals surface area contributed by atoms with Crippen LogP contribution in [0.5, 0.6) is 0 Å². The monoisotopic (exact) mass is 339 g/mol. The Labute approximate surface area is 146 Å². The van der Waals surface area contributed by atoms with E-state index >= 15 is 0 Å². The molecule has 25 heavy (non-hydrogen) atoms. The van der Waals surface area contributed by atoms with Gasteiger partial charge in [0.15, 0.2) is 6.10 Å². The second-order valence-corrected chi connectivity index (χ2v) is 6.19. The summed E-state index contributed by atoms with van der Waals surface area (Å²) in [5.74, 6) is -1.16. The third-order valence-electron chi connectivity index (χ3n) is 4.31. The van der Waals surface area contributed by atoms with Crippen LogP contribution in [-0.4, -0.2) is 34.1 Å². The Morgan fingerprint density at radius 3 is 1.80 bits per heavy atom. The zero-order valence-electron chi connectivity index (χ0n) is 13.9. The normalized spacial score (nSPS) is 19.5. The van der Waals surface area contributed by atoms with Crippen molar-refractivity contribution in [2.24, 2.45) is 0 Å². The first-order chi connectivity index (χ1) is 12.1. The number of hydrogen-bond donors (Lipinski definition) is 1. The number of benzene rings is 2. The summed E-state index contributed by atoms with van der Waals surface area (Å²) in [4.78, 5) is 25.7. The number of amides is 1. The first-order valence-corrected chi connectivity index (χ1v) is 8.38. The predicted molar refractivity (Wildman–Crippen MR) is 92.7 cm³/mol. The molecule has 2 aromatic carbocycles. The smallest absolute Gasteiger partial charge is 0.332 e. The Kier molecular flexibility index (Phi) is 5.46. The Morgan fingerprint density at radius 2 is 1.36 bits per heavy atom. The first-order valence-electron chi connectivity index (χ1n) is 8.38. The Hall–Kier alpha value is -2.66. The van der Waals surface area contributed by atoms with Crippen LogP contribution >= 0.6 is 0 Å². The fraction of sp³-hybridized carbons (Fsp3) is 0.300. The van der Waals surface area contributed by atoms with E-state index in [9.17, 15) is 9.59 Å². The summed E-state index contributed by atoms with van der Waals surface area (Å²) in [5, 5.41) is 9.07. The maximum atomic E-state index is 12.9. The number of nitrogens with zero attached hydrogens (tertiary/aromatic N) is 1. The molecule has 1 N–H and O–H groups in total. The van der Waals surface area contributed by atoms with E-state index in [0.29, 0.717) is 25.9 Å². The molecule has 0 aliphatic carbocycles. The zero-order chi connectivity index (χ0) is 17.6. The van der Waals surface area contributed by atoms with E-state index < -0.39 is 18.2 Å². The van der Waals surface area contributed by atoms with Crippen LogP contribution < -0.4 is 0 Å². The molecule has 0 aromatic heterocycles. The molecule has 130 valence electrons. The second kappa shape index (κ2) is 7.94. The third kappa shape index (κ3) is 4.45. The van der Waals surface area contributed by atoms with Crippen molar-refractivity contribution in [1.29, 1.82) is 0 Å². The summed E-state index contributed by atoms with van der Waals surface area (Å²) >= 11 is 0. The van der Waals surface area contributed by atoms with Crippen molar-refractivity contribution < 1.29 is 19.4 Å². The molecule has 1 aliphatic rings. The number of carboxylic acids is 1. The summed E-state index contributed by atoms with van der Waals surface area (Å²) in [5.41, 5.74) is 2.05. The lowest BCUT2D eigenvalue weighted by molar-refractivity contribution is -0.155. The Bertz CT molecular complexity index is 675. The predicted octanol–water partition coefficient (Wildman–Crippen LogP) is 2.85. The maximum absolute atomic E-state index is 12.9. The number of carbonyl (C=O) groups excluding carboxylic acids is 1. The quantitative estimate of drug-likeness (QED) is 0.879. The molecule has 0 spiro atoms. The van der Waals surface area contributed by atoms with Crippen LogP contribution in [0.1, 0.15) is 24.0 Å². The lowest BCUT2D eigenvalue weighted by Gasteiger charge is -2.26. The number of aliphatic carboxylic acids is 1. The highest BCUT2D eigenvalue weighted by molar-refractivity contribution is 5.82. The van der Waals surface area contributed by atoms with Gasteiger partial charge in [-0.15, -0.1) is 0 Å². The van der Waals surface area contributed by atoms with Gasteiger partial charge in [0.2, 0.25) is 0 Å². The number of ether oxygens (including phenoxy) is 1. The van der Waals surface area contributed by atoms with Gasteiger partial charge in [0.05, 0.1) is 0 Å². The van der Waals surface area contributed by atoms with Crippen LogP contribution in [-0.2, 0) is 27.4 Å². The Balaban J connectivity index is 1.75. The van der Waals surface area contributed by atoms with Gasteiger partial charge < -0.3 is 14.7 Å². The van der Waals surface area contributed by atoms with Crippen molar-refractivity contribution in [1.82, 2.24) is 4.90 Å². The van der Waals surface area contributed by atoms with E-state index in [-0.39, 0.29) is 5.91 Å². The highest BCUT2D eigenvalue weighted by Gasteiger charge is 2.36. The minimum Gasteiger partial charge on any atom is -0.479 e. The van der Waals surface area contributed by atoms with Crippen LogP contribution in [0.25, 0.3) is 0 Å². The molecule has 0 bridgehead atoms. The van der Waals surface area contributed by atoms with Gasteiger partial charge in [0.25, 0.3) is 5.91 Å². The molecule has 5 nitrogen and oxygen atoms in total. The van der Waals surface area contributed by atoms with E-state index in [0.717, 1.165) is 11.1 Å². The number of carboxylic acid groups (broad SMARTS) is 1. The van der Waals surface area contributed by atoms with Crippen molar-refractivity contribution in [3.8, 4) is 0 Å².